The number of nitrogen functional groups attached to an aromatic ring is 1. The fourth-order valence-corrected chi connectivity index (χ4v) is 1.64. The van der Waals surface area contributed by atoms with Gasteiger partial charge in [0.15, 0.2) is 0 Å². The summed E-state index contributed by atoms with van der Waals surface area (Å²) in [6.45, 7) is 1.77. The maximum Gasteiger partial charge on any atom is 0.269 e. The Balaban J connectivity index is 2.17. The zero-order valence-electron chi connectivity index (χ0n) is 10.7. The lowest BCUT2D eigenvalue weighted by molar-refractivity contribution is -0.384. The van der Waals surface area contributed by atoms with Crippen LogP contribution in [0, 0.1) is 17.0 Å². The standard InChI is InChI=1S/C13H12N4O3/c1-8-6-12(14)11(7-15-8)13(18)16-9-2-4-10(5-3-9)17(19)20/h2-7H,1H3,(H2,14,15)(H,16,18). The van der Waals surface area contributed by atoms with Gasteiger partial charge < -0.3 is 11.1 Å². The quantitative estimate of drug-likeness (QED) is 0.656. The predicted molar refractivity (Wildman–Crippen MR) is 74.4 cm³/mol. The van der Waals surface area contributed by atoms with Crippen LogP contribution in [-0.2, 0) is 0 Å². The van der Waals surface area contributed by atoms with Crippen LogP contribution in [0.15, 0.2) is 36.5 Å². The molecule has 1 amide bonds. The highest BCUT2D eigenvalue weighted by Gasteiger charge is 2.11. The summed E-state index contributed by atoms with van der Waals surface area (Å²) < 4.78 is 0. The molecule has 1 aromatic heterocycles. The van der Waals surface area contributed by atoms with E-state index in [4.69, 9.17) is 5.73 Å². The molecule has 7 nitrogen and oxygen atoms in total. The van der Waals surface area contributed by atoms with Crippen LogP contribution >= 0.6 is 0 Å². The van der Waals surface area contributed by atoms with Crippen molar-refractivity contribution in [2.75, 3.05) is 11.1 Å². The lowest BCUT2D eigenvalue weighted by Crippen LogP contribution is -2.14. The largest absolute Gasteiger partial charge is 0.398 e. The number of nitro benzene ring substituents is 1. The average molecular weight is 272 g/mol. The molecule has 1 heterocycles. The Kier molecular flexibility index (Phi) is 3.60. The third-order valence-corrected chi connectivity index (χ3v) is 2.65. The maximum absolute atomic E-state index is 12.0. The molecule has 0 radical (unpaired) electrons. The first-order valence-electron chi connectivity index (χ1n) is 5.75. The van der Waals surface area contributed by atoms with Gasteiger partial charge in [0, 0.05) is 35.4 Å². The molecule has 0 aliphatic carbocycles. The fourth-order valence-electron chi connectivity index (χ4n) is 1.64. The minimum absolute atomic E-state index is 0.0421. The van der Waals surface area contributed by atoms with Crippen molar-refractivity contribution in [1.82, 2.24) is 4.98 Å². The number of hydrogen-bond donors (Lipinski definition) is 2. The van der Waals surface area contributed by atoms with Crippen molar-refractivity contribution in [1.29, 1.82) is 0 Å². The number of benzene rings is 1. The van der Waals surface area contributed by atoms with Crippen molar-refractivity contribution >= 4 is 23.0 Å². The molecule has 0 aliphatic rings. The molecular weight excluding hydrogens is 260 g/mol. The number of anilines is 2. The van der Waals surface area contributed by atoms with E-state index in [1.54, 1.807) is 13.0 Å². The van der Waals surface area contributed by atoms with E-state index in [1.165, 1.54) is 30.5 Å². The summed E-state index contributed by atoms with van der Waals surface area (Å²) in [5.74, 6) is -0.413. The van der Waals surface area contributed by atoms with E-state index >= 15 is 0 Å². The van der Waals surface area contributed by atoms with Gasteiger partial charge in [-0.05, 0) is 25.1 Å². The number of carbonyl (C=O) groups excluding carboxylic acids is 1. The Labute approximate surface area is 114 Å². The van der Waals surface area contributed by atoms with Crippen molar-refractivity contribution < 1.29 is 9.72 Å². The Morgan fingerprint density at radius 3 is 2.55 bits per heavy atom. The van der Waals surface area contributed by atoms with Crippen LogP contribution in [0.3, 0.4) is 0 Å². The summed E-state index contributed by atoms with van der Waals surface area (Å²) >= 11 is 0. The number of nitrogens with zero attached hydrogens (tertiary/aromatic N) is 2. The van der Waals surface area contributed by atoms with E-state index in [1.807, 2.05) is 0 Å². The van der Waals surface area contributed by atoms with Gasteiger partial charge in [-0.3, -0.25) is 19.9 Å². The summed E-state index contributed by atoms with van der Waals surface area (Å²) in [4.78, 5) is 26.0. The number of pyridine rings is 1. The molecule has 0 spiro atoms. The van der Waals surface area contributed by atoms with Gasteiger partial charge in [-0.15, -0.1) is 0 Å². The number of amides is 1. The molecule has 2 aromatic rings. The lowest BCUT2D eigenvalue weighted by Gasteiger charge is -2.07. The summed E-state index contributed by atoms with van der Waals surface area (Å²) in [6, 6.07) is 7.13. The summed E-state index contributed by atoms with van der Waals surface area (Å²) in [6.07, 6.45) is 1.39. The van der Waals surface area contributed by atoms with E-state index < -0.39 is 10.8 Å². The van der Waals surface area contributed by atoms with Gasteiger partial charge >= 0.3 is 0 Å². The second-order valence-corrected chi connectivity index (χ2v) is 4.17. The smallest absolute Gasteiger partial charge is 0.269 e. The molecule has 0 atom stereocenters. The van der Waals surface area contributed by atoms with E-state index in [2.05, 4.69) is 10.3 Å². The Bertz CT molecular complexity index is 668. The normalized spacial score (nSPS) is 10.1. The highest BCUT2D eigenvalue weighted by Crippen LogP contribution is 2.18. The third-order valence-electron chi connectivity index (χ3n) is 2.65. The molecule has 2 rings (SSSR count). The zero-order chi connectivity index (χ0) is 14.7. The van der Waals surface area contributed by atoms with Crippen LogP contribution < -0.4 is 11.1 Å². The predicted octanol–water partition coefficient (Wildman–Crippen LogP) is 2.13. The molecule has 7 heteroatoms. The molecule has 0 aliphatic heterocycles. The Morgan fingerprint density at radius 1 is 1.35 bits per heavy atom. The van der Waals surface area contributed by atoms with Gasteiger partial charge in [-0.1, -0.05) is 0 Å². The minimum Gasteiger partial charge on any atom is -0.398 e. The Hall–Kier alpha value is -2.96. The van der Waals surface area contributed by atoms with E-state index in [0.717, 1.165) is 5.69 Å². The number of nitrogens with one attached hydrogen (secondary N) is 1. The van der Waals surface area contributed by atoms with Gasteiger partial charge in [0.2, 0.25) is 0 Å². The third kappa shape index (κ3) is 2.89. The second kappa shape index (κ2) is 5.35. The number of non-ortho nitro benzene ring substituents is 1. The fraction of sp³-hybridized carbons (Fsp3) is 0.0769. The van der Waals surface area contributed by atoms with Gasteiger partial charge in [-0.25, -0.2) is 0 Å². The first-order valence-corrected chi connectivity index (χ1v) is 5.75. The summed E-state index contributed by atoms with van der Waals surface area (Å²) in [5.41, 5.74) is 7.46. The van der Waals surface area contributed by atoms with E-state index in [-0.39, 0.29) is 11.3 Å². The average Bonchev–Trinajstić information content (AvgIpc) is 2.39. The number of aryl methyl sites for hydroxylation is 1. The Morgan fingerprint density at radius 2 is 2.00 bits per heavy atom. The van der Waals surface area contributed by atoms with Crippen molar-refractivity contribution in [3.8, 4) is 0 Å². The van der Waals surface area contributed by atoms with Crippen LogP contribution in [0.4, 0.5) is 17.1 Å². The second-order valence-electron chi connectivity index (χ2n) is 4.17. The number of carbonyl (C=O) groups is 1. The van der Waals surface area contributed by atoms with Crippen molar-refractivity contribution in [2.24, 2.45) is 0 Å². The number of hydrogen-bond acceptors (Lipinski definition) is 5. The zero-order valence-corrected chi connectivity index (χ0v) is 10.7. The number of nitrogens with two attached hydrogens (primary N) is 1. The van der Waals surface area contributed by atoms with Crippen LogP contribution in [0.5, 0.6) is 0 Å². The van der Waals surface area contributed by atoms with Crippen molar-refractivity contribution in [3.05, 3.63) is 57.9 Å². The first kappa shape index (κ1) is 13.5. The molecule has 3 N–H and O–H groups in total. The van der Waals surface area contributed by atoms with Crippen molar-refractivity contribution in [2.45, 2.75) is 6.92 Å². The number of aromatic nitrogens is 1. The van der Waals surface area contributed by atoms with Gasteiger partial charge in [0.1, 0.15) is 0 Å². The number of rotatable bonds is 3. The molecule has 0 saturated heterocycles. The van der Waals surface area contributed by atoms with Crippen LogP contribution in [0.2, 0.25) is 0 Å². The molecule has 0 fully saturated rings. The minimum atomic E-state index is -0.506. The molecule has 20 heavy (non-hydrogen) atoms. The summed E-state index contributed by atoms with van der Waals surface area (Å²) in [5, 5.41) is 13.1. The SMILES string of the molecule is Cc1cc(N)c(C(=O)Nc2ccc([N+](=O)[O-])cc2)cn1. The number of nitro groups is 1. The molecule has 1 aromatic carbocycles. The first-order chi connectivity index (χ1) is 9.47. The maximum atomic E-state index is 12.0. The topological polar surface area (TPSA) is 111 Å². The summed E-state index contributed by atoms with van der Waals surface area (Å²) in [7, 11) is 0. The highest BCUT2D eigenvalue weighted by molar-refractivity contribution is 6.07. The molecule has 102 valence electrons. The van der Waals surface area contributed by atoms with E-state index in [9.17, 15) is 14.9 Å². The van der Waals surface area contributed by atoms with Crippen LogP contribution in [0.25, 0.3) is 0 Å². The molecular formula is C13H12N4O3. The van der Waals surface area contributed by atoms with E-state index in [0.29, 0.717) is 11.4 Å². The van der Waals surface area contributed by atoms with Gasteiger partial charge in [-0.2, -0.15) is 0 Å². The lowest BCUT2D eigenvalue weighted by atomic mass is 10.2. The molecule has 0 bridgehead atoms. The van der Waals surface area contributed by atoms with Gasteiger partial charge in [0.25, 0.3) is 11.6 Å². The van der Waals surface area contributed by atoms with Crippen molar-refractivity contribution in [3.63, 3.8) is 0 Å². The van der Waals surface area contributed by atoms with Crippen LogP contribution in [-0.4, -0.2) is 15.8 Å². The highest BCUT2D eigenvalue weighted by atomic mass is 16.6. The monoisotopic (exact) mass is 272 g/mol. The molecule has 0 unspecified atom stereocenters. The van der Waals surface area contributed by atoms with Crippen LogP contribution in [0.1, 0.15) is 16.1 Å². The molecule has 0 saturated carbocycles. The van der Waals surface area contributed by atoms with Gasteiger partial charge in [0.05, 0.1) is 10.5 Å².